The van der Waals surface area contributed by atoms with E-state index in [1.54, 1.807) is 6.07 Å². The van der Waals surface area contributed by atoms with Crippen LogP contribution in [0.2, 0.25) is 0 Å². The van der Waals surface area contributed by atoms with Gasteiger partial charge in [0.15, 0.2) is 0 Å². The Labute approximate surface area is 127 Å². The standard InChI is InChI=1S/C16H17FIN/c1-3-19-16(12-5-4-6-14(18)9-12)15-10-13(17)8-7-11(15)2/h4-10,16,19H,3H2,1-2H3. The molecule has 0 amide bonds. The molecule has 0 aliphatic carbocycles. The number of rotatable bonds is 4. The molecule has 2 aromatic carbocycles. The first-order valence-corrected chi connectivity index (χ1v) is 7.44. The largest absolute Gasteiger partial charge is 0.307 e. The highest BCUT2D eigenvalue weighted by atomic mass is 127. The number of aryl methyl sites for hydroxylation is 1. The van der Waals surface area contributed by atoms with E-state index in [9.17, 15) is 4.39 Å². The van der Waals surface area contributed by atoms with Crippen LogP contribution in [-0.2, 0) is 0 Å². The summed E-state index contributed by atoms with van der Waals surface area (Å²) in [5, 5.41) is 3.44. The van der Waals surface area contributed by atoms with Gasteiger partial charge in [0.2, 0.25) is 0 Å². The van der Waals surface area contributed by atoms with Gasteiger partial charge in [-0.05, 0) is 77.0 Å². The lowest BCUT2D eigenvalue weighted by atomic mass is 9.95. The Hall–Kier alpha value is -0.940. The first-order chi connectivity index (χ1) is 9.11. The topological polar surface area (TPSA) is 12.0 Å². The van der Waals surface area contributed by atoms with Crippen molar-refractivity contribution in [2.24, 2.45) is 0 Å². The van der Waals surface area contributed by atoms with Crippen LogP contribution in [0.25, 0.3) is 0 Å². The summed E-state index contributed by atoms with van der Waals surface area (Å²) >= 11 is 2.30. The minimum Gasteiger partial charge on any atom is -0.307 e. The first kappa shape index (κ1) is 14.5. The van der Waals surface area contributed by atoms with Crippen molar-refractivity contribution in [3.63, 3.8) is 0 Å². The minimum absolute atomic E-state index is 0.0374. The maximum Gasteiger partial charge on any atom is 0.123 e. The molecule has 0 saturated heterocycles. The average Bonchev–Trinajstić information content (AvgIpc) is 2.39. The summed E-state index contributed by atoms with van der Waals surface area (Å²) in [6, 6.07) is 13.3. The summed E-state index contributed by atoms with van der Waals surface area (Å²) in [7, 11) is 0. The van der Waals surface area contributed by atoms with E-state index in [0.717, 1.165) is 17.7 Å². The zero-order valence-corrected chi connectivity index (χ0v) is 13.2. The molecule has 0 radical (unpaired) electrons. The lowest BCUT2D eigenvalue weighted by Crippen LogP contribution is -2.23. The predicted octanol–water partition coefficient (Wildman–Crippen LogP) is 4.44. The van der Waals surface area contributed by atoms with Gasteiger partial charge in [-0.25, -0.2) is 4.39 Å². The van der Waals surface area contributed by atoms with Gasteiger partial charge >= 0.3 is 0 Å². The summed E-state index contributed by atoms with van der Waals surface area (Å²) in [4.78, 5) is 0. The van der Waals surface area contributed by atoms with Gasteiger partial charge in [0.25, 0.3) is 0 Å². The van der Waals surface area contributed by atoms with Crippen molar-refractivity contribution < 1.29 is 4.39 Å². The fourth-order valence-electron chi connectivity index (χ4n) is 2.22. The number of halogens is 2. The van der Waals surface area contributed by atoms with Crippen molar-refractivity contribution in [3.05, 3.63) is 68.5 Å². The second-order valence-electron chi connectivity index (χ2n) is 4.55. The second kappa shape index (κ2) is 6.48. The van der Waals surface area contributed by atoms with Crippen molar-refractivity contribution >= 4 is 22.6 Å². The number of hydrogen-bond acceptors (Lipinski definition) is 1. The van der Waals surface area contributed by atoms with Gasteiger partial charge in [0.1, 0.15) is 5.82 Å². The van der Waals surface area contributed by atoms with E-state index in [4.69, 9.17) is 0 Å². The summed E-state index contributed by atoms with van der Waals surface area (Å²) < 4.78 is 14.7. The zero-order valence-electron chi connectivity index (χ0n) is 11.1. The van der Waals surface area contributed by atoms with Gasteiger partial charge in [0.05, 0.1) is 6.04 Å². The Morgan fingerprint density at radius 2 is 2.00 bits per heavy atom. The molecule has 0 bridgehead atoms. The second-order valence-corrected chi connectivity index (χ2v) is 5.79. The van der Waals surface area contributed by atoms with Crippen LogP contribution < -0.4 is 5.32 Å². The SMILES string of the molecule is CCNC(c1cccc(I)c1)c1cc(F)ccc1C. The molecular weight excluding hydrogens is 352 g/mol. The smallest absolute Gasteiger partial charge is 0.123 e. The highest BCUT2D eigenvalue weighted by Gasteiger charge is 2.16. The van der Waals surface area contributed by atoms with Gasteiger partial charge in [-0.3, -0.25) is 0 Å². The quantitative estimate of drug-likeness (QED) is 0.786. The third-order valence-electron chi connectivity index (χ3n) is 3.14. The van der Waals surface area contributed by atoms with E-state index in [1.165, 1.54) is 15.2 Å². The van der Waals surface area contributed by atoms with Crippen LogP contribution in [0.3, 0.4) is 0 Å². The molecule has 0 saturated carbocycles. The zero-order chi connectivity index (χ0) is 13.8. The fraction of sp³-hybridized carbons (Fsp3) is 0.250. The van der Waals surface area contributed by atoms with Crippen LogP contribution in [0.4, 0.5) is 4.39 Å². The van der Waals surface area contributed by atoms with Crippen molar-refractivity contribution in [3.8, 4) is 0 Å². The normalized spacial score (nSPS) is 12.4. The Bertz CT molecular complexity index is 568. The molecule has 0 aliphatic rings. The molecule has 1 nitrogen and oxygen atoms in total. The molecule has 0 spiro atoms. The first-order valence-electron chi connectivity index (χ1n) is 6.36. The maximum absolute atomic E-state index is 13.5. The summed E-state index contributed by atoms with van der Waals surface area (Å²) in [6.07, 6.45) is 0. The van der Waals surface area contributed by atoms with Crippen LogP contribution in [-0.4, -0.2) is 6.54 Å². The molecule has 1 N–H and O–H groups in total. The van der Waals surface area contributed by atoms with E-state index in [2.05, 4.69) is 53.0 Å². The minimum atomic E-state index is -0.186. The maximum atomic E-state index is 13.5. The number of benzene rings is 2. The van der Waals surface area contributed by atoms with E-state index in [0.29, 0.717) is 0 Å². The molecule has 1 unspecified atom stereocenters. The number of nitrogens with one attached hydrogen (secondary N) is 1. The van der Waals surface area contributed by atoms with Crippen molar-refractivity contribution in [1.29, 1.82) is 0 Å². The molecule has 0 aliphatic heterocycles. The van der Waals surface area contributed by atoms with Crippen LogP contribution in [0, 0.1) is 16.3 Å². The summed E-state index contributed by atoms with van der Waals surface area (Å²) in [6.45, 7) is 4.93. The Morgan fingerprint density at radius 1 is 1.21 bits per heavy atom. The van der Waals surface area contributed by atoms with E-state index in [-0.39, 0.29) is 11.9 Å². The molecule has 2 rings (SSSR count). The lowest BCUT2D eigenvalue weighted by molar-refractivity contribution is 0.600. The van der Waals surface area contributed by atoms with Crippen molar-refractivity contribution in [2.75, 3.05) is 6.54 Å². The number of hydrogen-bond donors (Lipinski definition) is 1. The van der Waals surface area contributed by atoms with E-state index < -0.39 is 0 Å². The molecule has 100 valence electrons. The molecule has 0 aromatic heterocycles. The van der Waals surface area contributed by atoms with Gasteiger partial charge in [-0.2, -0.15) is 0 Å². The Balaban J connectivity index is 2.48. The Morgan fingerprint density at radius 3 is 2.68 bits per heavy atom. The monoisotopic (exact) mass is 369 g/mol. The Kier molecular flexibility index (Phi) is 4.93. The predicted molar refractivity (Wildman–Crippen MR) is 85.8 cm³/mol. The van der Waals surface area contributed by atoms with Crippen LogP contribution in [0.1, 0.15) is 29.7 Å². The molecule has 19 heavy (non-hydrogen) atoms. The molecular formula is C16H17FIN. The van der Waals surface area contributed by atoms with Crippen molar-refractivity contribution in [2.45, 2.75) is 19.9 Å². The third-order valence-corrected chi connectivity index (χ3v) is 3.81. The summed E-state index contributed by atoms with van der Waals surface area (Å²) in [5.41, 5.74) is 3.28. The third kappa shape index (κ3) is 3.54. The molecule has 1 atom stereocenters. The fourth-order valence-corrected chi connectivity index (χ4v) is 2.79. The summed E-state index contributed by atoms with van der Waals surface area (Å²) in [5.74, 6) is -0.186. The average molecular weight is 369 g/mol. The van der Waals surface area contributed by atoms with Gasteiger partial charge in [-0.1, -0.05) is 25.1 Å². The van der Waals surface area contributed by atoms with Crippen LogP contribution >= 0.6 is 22.6 Å². The van der Waals surface area contributed by atoms with E-state index in [1.807, 2.05) is 19.1 Å². The molecule has 0 heterocycles. The van der Waals surface area contributed by atoms with Crippen LogP contribution in [0.15, 0.2) is 42.5 Å². The van der Waals surface area contributed by atoms with E-state index >= 15 is 0 Å². The molecule has 0 fully saturated rings. The highest BCUT2D eigenvalue weighted by molar-refractivity contribution is 14.1. The highest BCUT2D eigenvalue weighted by Crippen LogP contribution is 2.26. The van der Waals surface area contributed by atoms with Gasteiger partial charge < -0.3 is 5.32 Å². The van der Waals surface area contributed by atoms with Crippen molar-refractivity contribution in [1.82, 2.24) is 5.32 Å². The molecule has 2 aromatic rings. The van der Waals surface area contributed by atoms with Gasteiger partial charge in [0, 0.05) is 3.57 Å². The van der Waals surface area contributed by atoms with Gasteiger partial charge in [-0.15, -0.1) is 0 Å². The lowest BCUT2D eigenvalue weighted by Gasteiger charge is -2.21. The molecule has 3 heteroatoms. The van der Waals surface area contributed by atoms with Crippen LogP contribution in [0.5, 0.6) is 0 Å².